The van der Waals surface area contributed by atoms with Gasteiger partial charge in [0.15, 0.2) is 0 Å². The number of carboxylic acid groups (broad SMARTS) is 1. The van der Waals surface area contributed by atoms with Gasteiger partial charge in [0.1, 0.15) is 10.4 Å². The minimum absolute atomic E-state index is 0.290. The van der Waals surface area contributed by atoms with E-state index in [-0.39, 0.29) is 5.91 Å². The molecule has 0 spiro atoms. The monoisotopic (exact) mass is 324 g/mol. The Morgan fingerprint density at radius 1 is 1.32 bits per heavy atom. The van der Waals surface area contributed by atoms with E-state index in [9.17, 15) is 14.7 Å². The van der Waals surface area contributed by atoms with Crippen LogP contribution >= 0.6 is 11.3 Å². The SMILES string of the molecule is CCCCc1nc(C)c(C(=O)NC2(C(=O)O)CCCCC2)s1. The normalized spacial score (nSPS) is 17.2. The van der Waals surface area contributed by atoms with Gasteiger partial charge in [-0.15, -0.1) is 11.3 Å². The van der Waals surface area contributed by atoms with E-state index in [1.807, 2.05) is 6.92 Å². The van der Waals surface area contributed by atoms with E-state index >= 15 is 0 Å². The zero-order chi connectivity index (χ0) is 16.2. The van der Waals surface area contributed by atoms with Gasteiger partial charge in [-0.3, -0.25) is 4.79 Å². The summed E-state index contributed by atoms with van der Waals surface area (Å²) < 4.78 is 0. The molecule has 5 nitrogen and oxygen atoms in total. The molecule has 1 amide bonds. The number of carbonyl (C=O) groups excluding carboxylic acids is 1. The minimum Gasteiger partial charge on any atom is -0.480 e. The molecule has 0 aromatic carbocycles. The first kappa shape index (κ1) is 16.9. The van der Waals surface area contributed by atoms with Gasteiger partial charge in [0, 0.05) is 0 Å². The van der Waals surface area contributed by atoms with Crippen molar-refractivity contribution in [3.63, 3.8) is 0 Å². The largest absolute Gasteiger partial charge is 0.480 e. The third-order valence-corrected chi connectivity index (χ3v) is 5.48. The smallest absolute Gasteiger partial charge is 0.329 e. The maximum absolute atomic E-state index is 12.5. The number of aliphatic carboxylic acids is 1. The Kier molecular flexibility index (Phi) is 5.56. The second-order valence-electron chi connectivity index (χ2n) is 6.03. The topological polar surface area (TPSA) is 79.3 Å². The molecule has 2 rings (SSSR count). The van der Waals surface area contributed by atoms with Crippen LogP contribution in [0.2, 0.25) is 0 Å². The summed E-state index contributed by atoms with van der Waals surface area (Å²) in [4.78, 5) is 29.2. The zero-order valence-electron chi connectivity index (χ0n) is 13.3. The molecule has 2 N–H and O–H groups in total. The molecule has 0 saturated heterocycles. The van der Waals surface area contributed by atoms with E-state index in [1.165, 1.54) is 11.3 Å². The van der Waals surface area contributed by atoms with E-state index in [1.54, 1.807) is 0 Å². The number of carboxylic acids is 1. The van der Waals surface area contributed by atoms with Gasteiger partial charge >= 0.3 is 5.97 Å². The van der Waals surface area contributed by atoms with E-state index in [0.29, 0.717) is 23.4 Å². The van der Waals surface area contributed by atoms with Crippen molar-refractivity contribution in [1.82, 2.24) is 10.3 Å². The highest BCUT2D eigenvalue weighted by atomic mass is 32.1. The number of aromatic nitrogens is 1. The predicted octanol–water partition coefficient (Wildman–Crippen LogP) is 3.31. The summed E-state index contributed by atoms with van der Waals surface area (Å²) in [5.74, 6) is -1.21. The fraction of sp³-hybridized carbons (Fsp3) is 0.688. The summed E-state index contributed by atoms with van der Waals surface area (Å²) in [5, 5.41) is 13.3. The second-order valence-corrected chi connectivity index (χ2v) is 7.11. The quantitative estimate of drug-likeness (QED) is 0.841. The summed E-state index contributed by atoms with van der Waals surface area (Å²) >= 11 is 1.39. The molecule has 1 aromatic rings. The van der Waals surface area contributed by atoms with Crippen LogP contribution in [0.25, 0.3) is 0 Å². The molecular formula is C16H24N2O3S. The number of thiazole rings is 1. The third-order valence-electron chi connectivity index (χ3n) is 4.26. The number of hydrogen-bond acceptors (Lipinski definition) is 4. The molecule has 0 radical (unpaired) electrons. The van der Waals surface area contributed by atoms with Gasteiger partial charge in [0.2, 0.25) is 0 Å². The van der Waals surface area contributed by atoms with Gasteiger partial charge < -0.3 is 10.4 Å². The number of rotatable bonds is 6. The Morgan fingerprint density at radius 2 is 2.00 bits per heavy atom. The maximum Gasteiger partial charge on any atom is 0.329 e. The first-order chi connectivity index (χ1) is 10.5. The lowest BCUT2D eigenvalue weighted by Crippen LogP contribution is -2.55. The first-order valence-corrected chi connectivity index (χ1v) is 8.82. The Hall–Kier alpha value is -1.43. The lowest BCUT2D eigenvalue weighted by atomic mass is 9.81. The van der Waals surface area contributed by atoms with Crippen LogP contribution in [0.1, 0.15) is 72.2 Å². The molecule has 0 unspecified atom stereocenters. The first-order valence-electron chi connectivity index (χ1n) is 8.01. The van der Waals surface area contributed by atoms with Crippen molar-refractivity contribution >= 4 is 23.2 Å². The molecular weight excluding hydrogens is 300 g/mol. The van der Waals surface area contributed by atoms with Crippen molar-refractivity contribution < 1.29 is 14.7 Å². The Morgan fingerprint density at radius 3 is 2.59 bits per heavy atom. The molecule has 1 aromatic heterocycles. The fourth-order valence-electron chi connectivity index (χ4n) is 2.92. The highest BCUT2D eigenvalue weighted by Gasteiger charge is 2.41. The average molecular weight is 324 g/mol. The lowest BCUT2D eigenvalue weighted by Gasteiger charge is -2.33. The molecule has 1 fully saturated rings. The zero-order valence-corrected chi connectivity index (χ0v) is 14.1. The van der Waals surface area contributed by atoms with Crippen LogP contribution in [0.3, 0.4) is 0 Å². The standard InChI is InChI=1S/C16H24N2O3S/c1-3-4-8-12-17-11(2)13(22-12)14(19)18-16(15(20)21)9-6-5-7-10-16/h3-10H2,1-2H3,(H,18,19)(H,20,21). The number of nitrogens with one attached hydrogen (secondary N) is 1. The van der Waals surface area contributed by atoms with Gasteiger partial charge in [-0.05, 0) is 32.6 Å². The van der Waals surface area contributed by atoms with Crippen LogP contribution in [0.15, 0.2) is 0 Å². The van der Waals surface area contributed by atoms with Crippen LogP contribution in [0.5, 0.6) is 0 Å². The minimum atomic E-state index is -1.10. The van der Waals surface area contributed by atoms with Gasteiger partial charge in [0.05, 0.1) is 10.7 Å². The molecule has 6 heteroatoms. The molecule has 1 aliphatic rings. The second kappa shape index (κ2) is 7.22. The lowest BCUT2D eigenvalue weighted by molar-refractivity contribution is -0.145. The summed E-state index contributed by atoms with van der Waals surface area (Å²) in [6, 6.07) is 0. The highest BCUT2D eigenvalue weighted by molar-refractivity contribution is 7.13. The Balaban J connectivity index is 2.13. The van der Waals surface area contributed by atoms with E-state index in [0.717, 1.165) is 43.5 Å². The molecule has 122 valence electrons. The van der Waals surface area contributed by atoms with E-state index in [4.69, 9.17) is 0 Å². The van der Waals surface area contributed by atoms with Crippen LogP contribution < -0.4 is 5.32 Å². The number of aryl methyl sites for hydroxylation is 2. The molecule has 1 aliphatic carbocycles. The van der Waals surface area contributed by atoms with E-state index in [2.05, 4.69) is 17.2 Å². The maximum atomic E-state index is 12.5. The van der Waals surface area contributed by atoms with Crippen molar-refractivity contribution in [2.75, 3.05) is 0 Å². The number of carbonyl (C=O) groups is 2. The van der Waals surface area contributed by atoms with Crippen LogP contribution in [0.4, 0.5) is 0 Å². The Labute approximate surface area is 135 Å². The summed E-state index contributed by atoms with van der Waals surface area (Å²) in [6.45, 7) is 3.93. The Bertz CT molecular complexity index is 548. The van der Waals surface area contributed by atoms with Crippen LogP contribution in [0, 0.1) is 6.92 Å². The van der Waals surface area contributed by atoms with Gasteiger partial charge in [-0.1, -0.05) is 32.6 Å². The number of unbranched alkanes of at least 4 members (excludes halogenated alkanes) is 1. The summed E-state index contributed by atoms with van der Waals surface area (Å²) in [5.41, 5.74) is -0.403. The molecule has 1 heterocycles. The molecule has 1 saturated carbocycles. The molecule has 0 atom stereocenters. The van der Waals surface area contributed by atoms with Crippen molar-refractivity contribution in [2.24, 2.45) is 0 Å². The van der Waals surface area contributed by atoms with E-state index < -0.39 is 11.5 Å². The average Bonchev–Trinajstić information content (AvgIpc) is 2.87. The van der Waals surface area contributed by atoms with Gasteiger partial charge in [-0.25, -0.2) is 9.78 Å². The molecule has 0 bridgehead atoms. The van der Waals surface area contributed by atoms with Crippen LogP contribution in [-0.4, -0.2) is 27.5 Å². The van der Waals surface area contributed by atoms with Crippen LogP contribution in [-0.2, 0) is 11.2 Å². The summed E-state index contributed by atoms with van der Waals surface area (Å²) in [7, 11) is 0. The highest BCUT2D eigenvalue weighted by Crippen LogP contribution is 2.30. The van der Waals surface area contributed by atoms with Crippen molar-refractivity contribution in [3.8, 4) is 0 Å². The fourth-order valence-corrected chi connectivity index (χ4v) is 3.92. The third kappa shape index (κ3) is 3.66. The summed E-state index contributed by atoms with van der Waals surface area (Å²) in [6.07, 6.45) is 6.75. The number of amides is 1. The van der Waals surface area contributed by atoms with Crippen molar-refractivity contribution in [2.45, 2.75) is 70.8 Å². The molecule has 22 heavy (non-hydrogen) atoms. The predicted molar refractivity (Wildman–Crippen MR) is 86.4 cm³/mol. The van der Waals surface area contributed by atoms with Gasteiger partial charge in [0.25, 0.3) is 5.91 Å². The van der Waals surface area contributed by atoms with Gasteiger partial charge in [-0.2, -0.15) is 0 Å². The van der Waals surface area contributed by atoms with Crippen molar-refractivity contribution in [3.05, 3.63) is 15.6 Å². The number of nitrogens with zero attached hydrogens (tertiary/aromatic N) is 1. The number of hydrogen-bond donors (Lipinski definition) is 2. The molecule has 0 aliphatic heterocycles. The van der Waals surface area contributed by atoms with Crippen molar-refractivity contribution in [1.29, 1.82) is 0 Å².